The minimum absolute atomic E-state index is 0. The average Bonchev–Trinajstić information content (AvgIpc) is 0.918. The van der Waals surface area contributed by atoms with Crippen LogP contribution in [0, 0.1) is 6.42 Å². The molecule has 0 nitrogen and oxygen atoms in total. The summed E-state index contributed by atoms with van der Waals surface area (Å²) in [7, 11) is 0. The summed E-state index contributed by atoms with van der Waals surface area (Å²) in [5.74, 6) is 0. The van der Waals surface area contributed by atoms with E-state index in [2.05, 4.69) is 0 Å². The molecule has 1 heteroatoms. The number of hydrogen-bond donors (Lipinski definition) is 0. The van der Waals surface area contributed by atoms with Crippen molar-refractivity contribution in [1.82, 2.24) is 0 Å². The van der Waals surface area contributed by atoms with E-state index in [0.29, 0.717) is 0 Å². The smallest absolute Gasteiger partial charge is 0.335 e. The van der Waals surface area contributed by atoms with Crippen LogP contribution < -0.4 is 18.9 Å². The Morgan fingerprint density at radius 2 is 1.25 bits per heavy atom. The van der Waals surface area contributed by atoms with Gasteiger partial charge in [0.1, 0.15) is 0 Å². The van der Waals surface area contributed by atoms with Gasteiger partial charge in [0, 0.05) is 0 Å². The maximum absolute atomic E-state index is 2.00. The predicted octanol–water partition coefficient (Wildman–Crippen LogP) is -1.77. The largest absolute Gasteiger partial charge is 1.00 e. The van der Waals surface area contributed by atoms with E-state index in [0.717, 1.165) is 0 Å². The molecule has 0 saturated carbocycles. The molecule has 0 amide bonds. The van der Waals surface area contributed by atoms with Crippen molar-refractivity contribution in [2.24, 2.45) is 0 Å². The molecule has 0 aliphatic heterocycles. The molecule has 0 bridgehead atoms. The van der Waals surface area contributed by atoms with Gasteiger partial charge in [0.2, 0.25) is 0 Å². The summed E-state index contributed by atoms with van der Waals surface area (Å²) in [5, 5.41) is 0. The van der Waals surface area contributed by atoms with Gasteiger partial charge >= 0.3 is 18.9 Å². The minimum Gasteiger partial charge on any atom is -0.335 e. The number of rotatable bonds is 0. The maximum atomic E-state index is 2.00. The molecule has 0 atom stereocenters. The molecule has 0 aromatic carbocycles. The molecule has 20 valence electrons. The van der Waals surface area contributed by atoms with E-state index >= 15 is 0 Å². The Bertz CT molecular complexity index is 3.25. The average molecular weight is 50.0 g/mol. The maximum Gasteiger partial charge on any atom is 1.00 e. The van der Waals surface area contributed by atoms with Gasteiger partial charge in [0.05, 0.1) is 0 Å². The molecule has 0 aliphatic carbocycles. The normalized spacial score (nSPS) is 4.50. The van der Waals surface area contributed by atoms with Crippen molar-refractivity contribution in [3.8, 4) is 0 Å². The molecule has 0 unspecified atom stereocenters. The summed E-state index contributed by atoms with van der Waals surface area (Å²) in [4.78, 5) is 0. The third-order valence-electron chi connectivity index (χ3n) is 0. The van der Waals surface area contributed by atoms with Crippen LogP contribution in [0.25, 0.3) is 0 Å². The van der Waals surface area contributed by atoms with Gasteiger partial charge in [-0.25, -0.2) is 0 Å². The minimum atomic E-state index is 0. The molecule has 0 spiro atoms. The monoisotopic (exact) mass is 50.1 g/mol. The summed E-state index contributed by atoms with van der Waals surface area (Å²) in [6.45, 7) is 4.00. The fourth-order valence-electron chi connectivity index (χ4n) is 0. The predicted molar refractivity (Wildman–Crippen MR) is 15.6 cm³/mol. The van der Waals surface area contributed by atoms with Crippen molar-refractivity contribution in [3.63, 3.8) is 0 Å². The Balaban J connectivity index is 0. The molecule has 0 aliphatic rings. The van der Waals surface area contributed by atoms with E-state index in [9.17, 15) is 0 Å². The first-order valence-electron chi connectivity index (χ1n) is 1.15. The van der Waals surface area contributed by atoms with Gasteiger partial charge in [-0.2, -0.15) is 13.8 Å². The Kier molecular flexibility index (Phi) is 21.0. The Hall–Kier alpha value is 0.597. The first-order chi connectivity index (χ1) is 1.41. The van der Waals surface area contributed by atoms with Crippen LogP contribution in [0.5, 0.6) is 0 Å². The van der Waals surface area contributed by atoms with E-state index < -0.39 is 0 Å². The zero-order chi connectivity index (χ0) is 2.71. The van der Waals surface area contributed by atoms with Crippen LogP contribution in [0.1, 0.15) is 13.8 Å². The second-order valence-corrected chi connectivity index (χ2v) is 0.577. The molecule has 0 saturated heterocycles. The van der Waals surface area contributed by atoms with E-state index in [1.54, 1.807) is 0 Å². The van der Waals surface area contributed by atoms with Gasteiger partial charge in [-0.05, 0) is 0 Å². The molecule has 0 heterocycles. The molecule has 0 radical (unpaired) electrons. The van der Waals surface area contributed by atoms with Crippen LogP contribution in [0.3, 0.4) is 0 Å². The van der Waals surface area contributed by atoms with Gasteiger partial charge in [0.25, 0.3) is 0 Å². The third kappa shape index (κ3) is 18.6. The summed E-state index contributed by atoms with van der Waals surface area (Å²) in [5.41, 5.74) is 0. The van der Waals surface area contributed by atoms with Crippen LogP contribution in [0.2, 0.25) is 0 Å². The van der Waals surface area contributed by atoms with Crippen molar-refractivity contribution < 1.29 is 18.9 Å². The summed E-state index contributed by atoms with van der Waals surface area (Å²) >= 11 is 0. The van der Waals surface area contributed by atoms with Crippen LogP contribution in [0.4, 0.5) is 0 Å². The zero-order valence-corrected chi connectivity index (χ0v) is 3.58. The van der Waals surface area contributed by atoms with Crippen LogP contribution in [-0.4, -0.2) is 0 Å². The van der Waals surface area contributed by atoms with E-state index in [4.69, 9.17) is 0 Å². The molecule has 0 aromatic rings. The van der Waals surface area contributed by atoms with E-state index in [-0.39, 0.29) is 18.9 Å². The Labute approximate surface area is 39.8 Å². The van der Waals surface area contributed by atoms with Gasteiger partial charge < -0.3 is 6.42 Å². The molecule has 0 aromatic heterocycles. The van der Waals surface area contributed by atoms with Crippen LogP contribution >= 0.6 is 0 Å². The Morgan fingerprint density at radius 1 is 1.25 bits per heavy atom. The quantitative estimate of drug-likeness (QED) is 0.225. The zero-order valence-electron chi connectivity index (χ0n) is 3.58. The third-order valence-corrected chi connectivity index (χ3v) is 0. The molecule has 0 N–H and O–H groups in total. The van der Waals surface area contributed by atoms with Crippen molar-refractivity contribution in [1.29, 1.82) is 0 Å². The molecule has 0 fully saturated rings. The summed E-state index contributed by atoms with van der Waals surface area (Å²) in [6, 6.07) is 0. The van der Waals surface area contributed by atoms with Gasteiger partial charge in [-0.15, -0.1) is 0 Å². The van der Waals surface area contributed by atoms with Crippen molar-refractivity contribution in [2.75, 3.05) is 0 Å². The SMILES string of the molecule is C[CH-]C.[Li+]. The first kappa shape index (κ1) is 8.82. The fourth-order valence-corrected chi connectivity index (χ4v) is 0. The van der Waals surface area contributed by atoms with Gasteiger partial charge in [-0.3, -0.25) is 0 Å². The van der Waals surface area contributed by atoms with Crippen molar-refractivity contribution >= 4 is 0 Å². The van der Waals surface area contributed by atoms with Gasteiger partial charge in [0.15, 0.2) is 0 Å². The number of hydrogen-bond acceptors (Lipinski definition) is 0. The van der Waals surface area contributed by atoms with Crippen LogP contribution in [-0.2, 0) is 0 Å². The second-order valence-electron chi connectivity index (χ2n) is 0.577. The van der Waals surface area contributed by atoms with Gasteiger partial charge in [-0.1, -0.05) is 0 Å². The molecule has 0 rings (SSSR count). The second kappa shape index (κ2) is 9.51. The fraction of sp³-hybridized carbons (Fsp3) is 0.667. The first-order valence-corrected chi connectivity index (χ1v) is 1.15. The summed E-state index contributed by atoms with van der Waals surface area (Å²) < 4.78 is 0. The summed E-state index contributed by atoms with van der Waals surface area (Å²) in [6.07, 6.45) is 2.00. The standard InChI is InChI=1S/C3H7.Li/c1-3-2;/h3H,1-2H3;/q-1;+1. The topological polar surface area (TPSA) is 0 Å². The van der Waals surface area contributed by atoms with Crippen LogP contribution in [0.15, 0.2) is 0 Å². The van der Waals surface area contributed by atoms with E-state index in [1.807, 2.05) is 20.3 Å². The Morgan fingerprint density at radius 3 is 1.25 bits per heavy atom. The molecular weight excluding hydrogens is 43.0 g/mol. The molecule has 4 heavy (non-hydrogen) atoms. The van der Waals surface area contributed by atoms with Crippen molar-refractivity contribution in [2.45, 2.75) is 13.8 Å². The van der Waals surface area contributed by atoms with Crippen molar-refractivity contribution in [3.05, 3.63) is 6.42 Å². The van der Waals surface area contributed by atoms with E-state index in [1.165, 1.54) is 0 Å². The molecular formula is C3H7Li.